The molecule has 0 aliphatic rings. The zero-order valence-electron chi connectivity index (χ0n) is 10.3. The number of alkyl halides is 3. The van der Waals surface area contributed by atoms with Crippen LogP contribution in [0, 0.1) is 0 Å². The molecule has 6 heteroatoms. The van der Waals surface area contributed by atoms with Crippen LogP contribution in [0.2, 0.25) is 0 Å². The van der Waals surface area contributed by atoms with E-state index in [1.54, 1.807) is 6.92 Å². The minimum Gasteiger partial charge on any atom is -0.466 e. The van der Waals surface area contributed by atoms with E-state index in [1.165, 1.54) is 18.2 Å². The van der Waals surface area contributed by atoms with Gasteiger partial charge in [0.1, 0.15) is 0 Å². The maximum atomic E-state index is 12.4. The van der Waals surface area contributed by atoms with Gasteiger partial charge in [-0.05, 0) is 24.6 Å². The van der Waals surface area contributed by atoms with Crippen LogP contribution >= 0.6 is 0 Å². The zero-order chi connectivity index (χ0) is 14.5. The van der Waals surface area contributed by atoms with E-state index in [1.807, 2.05) is 0 Å². The van der Waals surface area contributed by atoms with Crippen molar-refractivity contribution >= 4 is 17.7 Å². The first-order chi connectivity index (χ1) is 8.84. The highest BCUT2D eigenvalue weighted by Crippen LogP contribution is 2.31. The quantitative estimate of drug-likeness (QED) is 0.676. The summed E-state index contributed by atoms with van der Waals surface area (Å²) in [4.78, 5) is 11.1. The fraction of sp³-hybridized carbons (Fsp3) is 0.308. The molecule has 0 aromatic heterocycles. The minimum absolute atomic E-state index is 0.00920. The number of benzene rings is 1. The fourth-order valence-corrected chi connectivity index (χ4v) is 1.40. The molecule has 0 heterocycles. The van der Waals surface area contributed by atoms with Crippen LogP contribution in [0.4, 0.5) is 18.9 Å². The lowest BCUT2D eigenvalue weighted by Crippen LogP contribution is -2.06. The SMILES string of the molecule is CCOC(=O)CC=Cc1ccc(C(F)(F)F)cc1N. The van der Waals surface area contributed by atoms with E-state index in [2.05, 4.69) is 0 Å². The van der Waals surface area contributed by atoms with Crippen LogP contribution < -0.4 is 5.73 Å². The Morgan fingerprint density at radius 2 is 2.11 bits per heavy atom. The van der Waals surface area contributed by atoms with Crippen LogP contribution in [0.15, 0.2) is 24.3 Å². The van der Waals surface area contributed by atoms with Gasteiger partial charge >= 0.3 is 12.1 Å². The smallest absolute Gasteiger partial charge is 0.416 e. The van der Waals surface area contributed by atoms with Gasteiger partial charge in [0.2, 0.25) is 0 Å². The van der Waals surface area contributed by atoms with Gasteiger partial charge in [0, 0.05) is 5.69 Å². The maximum absolute atomic E-state index is 12.4. The van der Waals surface area contributed by atoms with Crippen LogP contribution in [0.1, 0.15) is 24.5 Å². The average Bonchev–Trinajstić information content (AvgIpc) is 2.30. The van der Waals surface area contributed by atoms with Gasteiger partial charge in [-0.3, -0.25) is 4.79 Å². The van der Waals surface area contributed by atoms with Crippen LogP contribution in [-0.4, -0.2) is 12.6 Å². The predicted octanol–water partition coefficient (Wildman–Crippen LogP) is 3.25. The van der Waals surface area contributed by atoms with E-state index >= 15 is 0 Å². The second-order valence-corrected chi connectivity index (χ2v) is 3.75. The van der Waals surface area contributed by atoms with Crippen molar-refractivity contribution in [2.24, 2.45) is 0 Å². The molecule has 3 nitrogen and oxygen atoms in total. The third-order valence-electron chi connectivity index (χ3n) is 2.30. The van der Waals surface area contributed by atoms with E-state index in [0.29, 0.717) is 5.56 Å². The summed E-state index contributed by atoms with van der Waals surface area (Å²) in [5, 5.41) is 0. The summed E-state index contributed by atoms with van der Waals surface area (Å²) >= 11 is 0. The lowest BCUT2D eigenvalue weighted by Gasteiger charge is -2.08. The van der Waals surface area contributed by atoms with Crippen molar-refractivity contribution in [1.29, 1.82) is 0 Å². The third-order valence-corrected chi connectivity index (χ3v) is 2.30. The third kappa shape index (κ3) is 4.65. The first-order valence-corrected chi connectivity index (χ1v) is 5.63. The van der Waals surface area contributed by atoms with Crippen molar-refractivity contribution in [2.45, 2.75) is 19.5 Å². The topological polar surface area (TPSA) is 52.3 Å². The van der Waals surface area contributed by atoms with E-state index < -0.39 is 17.7 Å². The van der Waals surface area contributed by atoms with Crippen molar-refractivity contribution in [3.63, 3.8) is 0 Å². The van der Waals surface area contributed by atoms with Gasteiger partial charge in [-0.25, -0.2) is 0 Å². The van der Waals surface area contributed by atoms with E-state index in [9.17, 15) is 18.0 Å². The van der Waals surface area contributed by atoms with Gasteiger partial charge in [0.15, 0.2) is 0 Å². The fourth-order valence-electron chi connectivity index (χ4n) is 1.40. The maximum Gasteiger partial charge on any atom is 0.416 e. The molecule has 1 aromatic rings. The molecular weight excluding hydrogens is 259 g/mol. The normalized spacial score (nSPS) is 11.8. The average molecular weight is 273 g/mol. The summed E-state index contributed by atoms with van der Waals surface area (Å²) in [7, 11) is 0. The molecule has 0 bridgehead atoms. The molecule has 2 N–H and O–H groups in total. The number of nitrogen functional groups attached to an aromatic ring is 1. The summed E-state index contributed by atoms with van der Waals surface area (Å²) in [6, 6.07) is 3.07. The Bertz CT molecular complexity index is 481. The highest BCUT2D eigenvalue weighted by atomic mass is 19.4. The number of nitrogens with two attached hydrogens (primary N) is 1. The Balaban J connectivity index is 2.75. The number of rotatable bonds is 4. The molecule has 0 aliphatic carbocycles. The number of anilines is 1. The van der Waals surface area contributed by atoms with Gasteiger partial charge in [0.05, 0.1) is 18.6 Å². The van der Waals surface area contributed by atoms with Gasteiger partial charge < -0.3 is 10.5 Å². The van der Waals surface area contributed by atoms with Gasteiger partial charge in [-0.15, -0.1) is 0 Å². The monoisotopic (exact) mass is 273 g/mol. The lowest BCUT2D eigenvalue weighted by molar-refractivity contribution is -0.142. The highest BCUT2D eigenvalue weighted by molar-refractivity contribution is 5.74. The number of hydrogen-bond acceptors (Lipinski definition) is 3. The zero-order valence-corrected chi connectivity index (χ0v) is 10.3. The Morgan fingerprint density at radius 1 is 1.42 bits per heavy atom. The Hall–Kier alpha value is -1.98. The molecule has 0 fully saturated rings. The molecule has 104 valence electrons. The Morgan fingerprint density at radius 3 is 2.63 bits per heavy atom. The second-order valence-electron chi connectivity index (χ2n) is 3.75. The summed E-state index contributed by atoms with van der Waals surface area (Å²) in [5.41, 5.74) is 5.16. The summed E-state index contributed by atoms with van der Waals surface area (Å²) in [6.45, 7) is 1.98. The molecular formula is C13H14F3NO2. The first-order valence-electron chi connectivity index (χ1n) is 5.63. The molecule has 19 heavy (non-hydrogen) atoms. The number of halogens is 3. The standard InChI is InChI=1S/C13H14F3NO2/c1-2-19-12(18)5-3-4-9-6-7-10(8-11(9)17)13(14,15)16/h3-4,6-8H,2,5,17H2,1H3. The molecule has 0 spiro atoms. The molecule has 0 saturated carbocycles. The molecule has 0 radical (unpaired) electrons. The Labute approximate surface area is 108 Å². The van der Waals surface area contributed by atoms with Crippen molar-refractivity contribution in [1.82, 2.24) is 0 Å². The predicted molar refractivity (Wildman–Crippen MR) is 66.1 cm³/mol. The number of esters is 1. The van der Waals surface area contributed by atoms with Crippen molar-refractivity contribution in [2.75, 3.05) is 12.3 Å². The van der Waals surface area contributed by atoms with Crippen molar-refractivity contribution < 1.29 is 22.7 Å². The highest BCUT2D eigenvalue weighted by Gasteiger charge is 2.30. The molecule has 0 aliphatic heterocycles. The molecule has 0 amide bonds. The minimum atomic E-state index is -4.42. The summed E-state index contributed by atoms with van der Waals surface area (Å²) < 4.78 is 41.9. The van der Waals surface area contributed by atoms with E-state index in [4.69, 9.17) is 10.5 Å². The molecule has 1 aromatic carbocycles. The first kappa shape index (κ1) is 15.1. The van der Waals surface area contributed by atoms with Gasteiger partial charge in [-0.1, -0.05) is 18.2 Å². The second kappa shape index (κ2) is 6.26. The van der Waals surface area contributed by atoms with E-state index in [0.717, 1.165) is 12.1 Å². The molecule has 0 saturated heterocycles. The van der Waals surface area contributed by atoms with Crippen LogP contribution in [0.5, 0.6) is 0 Å². The Kier molecular flexibility index (Phi) is 4.97. The number of carbonyl (C=O) groups excluding carboxylic acids is 1. The van der Waals surface area contributed by atoms with Crippen LogP contribution in [0.3, 0.4) is 0 Å². The van der Waals surface area contributed by atoms with Crippen molar-refractivity contribution in [3.05, 3.63) is 35.4 Å². The summed E-state index contributed by atoms with van der Waals surface area (Å²) in [5.74, 6) is -0.399. The van der Waals surface area contributed by atoms with E-state index in [-0.39, 0.29) is 18.7 Å². The largest absolute Gasteiger partial charge is 0.466 e. The summed E-state index contributed by atoms with van der Waals surface area (Å²) in [6.07, 6.45) is -1.38. The number of ether oxygens (including phenoxy) is 1. The number of carbonyl (C=O) groups is 1. The molecule has 0 unspecified atom stereocenters. The molecule has 0 atom stereocenters. The van der Waals surface area contributed by atoms with Gasteiger partial charge in [-0.2, -0.15) is 13.2 Å². The lowest BCUT2D eigenvalue weighted by atomic mass is 10.1. The van der Waals surface area contributed by atoms with Crippen LogP contribution in [0.25, 0.3) is 6.08 Å². The number of hydrogen-bond donors (Lipinski definition) is 1. The van der Waals surface area contributed by atoms with Gasteiger partial charge in [0.25, 0.3) is 0 Å². The molecule has 1 rings (SSSR count). The van der Waals surface area contributed by atoms with Crippen LogP contribution in [-0.2, 0) is 15.7 Å². The van der Waals surface area contributed by atoms with Crippen molar-refractivity contribution in [3.8, 4) is 0 Å².